The third-order valence-corrected chi connectivity index (χ3v) is 4.67. The van der Waals surface area contributed by atoms with E-state index >= 15 is 0 Å². The Morgan fingerprint density at radius 1 is 1.28 bits per heavy atom. The zero-order valence-electron chi connectivity index (χ0n) is 14.9. The molecule has 1 aromatic rings. The molecule has 0 bridgehead atoms. The van der Waals surface area contributed by atoms with E-state index in [4.69, 9.17) is 10.5 Å². The molecule has 1 atom stereocenters. The van der Waals surface area contributed by atoms with Crippen molar-refractivity contribution in [2.75, 3.05) is 33.4 Å². The SMILES string of the molecule is COCCCNC(=O)C1CCN(C(=O)CC(N)c2ccccc2)CC1. The lowest BCUT2D eigenvalue weighted by atomic mass is 9.95. The van der Waals surface area contributed by atoms with Gasteiger partial charge in [0.1, 0.15) is 0 Å². The Kier molecular flexibility index (Phi) is 7.88. The van der Waals surface area contributed by atoms with Gasteiger partial charge in [0.05, 0.1) is 0 Å². The van der Waals surface area contributed by atoms with Crippen LogP contribution in [0.1, 0.15) is 37.3 Å². The van der Waals surface area contributed by atoms with E-state index in [1.807, 2.05) is 35.2 Å². The lowest BCUT2D eigenvalue weighted by molar-refractivity contribution is -0.136. The number of hydrogen-bond donors (Lipinski definition) is 2. The smallest absolute Gasteiger partial charge is 0.224 e. The fourth-order valence-electron chi connectivity index (χ4n) is 3.10. The van der Waals surface area contributed by atoms with E-state index < -0.39 is 0 Å². The lowest BCUT2D eigenvalue weighted by Crippen LogP contribution is -2.43. The van der Waals surface area contributed by atoms with E-state index in [2.05, 4.69) is 5.32 Å². The van der Waals surface area contributed by atoms with E-state index in [1.165, 1.54) is 0 Å². The lowest BCUT2D eigenvalue weighted by Gasteiger charge is -2.32. The summed E-state index contributed by atoms with van der Waals surface area (Å²) in [6, 6.07) is 9.39. The van der Waals surface area contributed by atoms with Crippen molar-refractivity contribution in [2.24, 2.45) is 11.7 Å². The maximum absolute atomic E-state index is 12.4. The first-order chi connectivity index (χ1) is 12.1. The maximum Gasteiger partial charge on any atom is 0.224 e. The molecule has 1 fully saturated rings. The third kappa shape index (κ3) is 6.14. The Morgan fingerprint density at radius 3 is 2.60 bits per heavy atom. The van der Waals surface area contributed by atoms with Crippen LogP contribution in [0.15, 0.2) is 30.3 Å². The number of hydrogen-bond acceptors (Lipinski definition) is 4. The molecule has 1 aromatic carbocycles. The monoisotopic (exact) mass is 347 g/mol. The van der Waals surface area contributed by atoms with Crippen LogP contribution in [0, 0.1) is 5.92 Å². The van der Waals surface area contributed by atoms with Crippen molar-refractivity contribution >= 4 is 11.8 Å². The molecule has 0 aromatic heterocycles. The van der Waals surface area contributed by atoms with Gasteiger partial charge < -0.3 is 20.7 Å². The first-order valence-electron chi connectivity index (χ1n) is 8.96. The summed E-state index contributed by atoms with van der Waals surface area (Å²) >= 11 is 0. The molecule has 138 valence electrons. The minimum absolute atomic E-state index is 0.00519. The van der Waals surface area contributed by atoms with Crippen molar-refractivity contribution in [3.8, 4) is 0 Å². The standard InChI is InChI=1S/C19H29N3O3/c1-25-13-5-10-21-19(24)16-8-11-22(12-9-16)18(23)14-17(20)15-6-3-2-4-7-15/h2-4,6-7,16-17H,5,8-14,20H2,1H3,(H,21,24). The minimum atomic E-state index is -0.282. The molecule has 0 saturated carbocycles. The van der Waals surface area contributed by atoms with Gasteiger partial charge in [-0.25, -0.2) is 0 Å². The summed E-state index contributed by atoms with van der Waals surface area (Å²) in [5.74, 6) is 0.147. The van der Waals surface area contributed by atoms with E-state index in [1.54, 1.807) is 7.11 Å². The fourth-order valence-corrected chi connectivity index (χ4v) is 3.10. The second kappa shape index (κ2) is 10.2. The van der Waals surface area contributed by atoms with Crippen LogP contribution in [0.5, 0.6) is 0 Å². The first kappa shape index (κ1) is 19.4. The second-order valence-corrected chi connectivity index (χ2v) is 6.51. The Hall–Kier alpha value is -1.92. The number of methoxy groups -OCH3 is 1. The van der Waals surface area contributed by atoms with E-state index in [0.717, 1.165) is 12.0 Å². The number of nitrogens with one attached hydrogen (secondary N) is 1. The molecule has 1 aliphatic rings. The molecule has 1 unspecified atom stereocenters. The fraction of sp³-hybridized carbons (Fsp3) is 0.579. The van der Waals surface area contributed by atoms with Crippen LogP contribution >= 0.6 is 0 Å². The van der Waals surface area contributed by atoms with Crippen LogP contribution in [-0.2, 0) is 14.3 Å². The largest absolute Gasteiger partial charge is 0.385 e. The summed E-state index contributed by atoms with van der Waals surface area (Å²) in [5, 5.41) is 2.94. The Morgan fingerprint density at radius 2 is 1.96 bits per heavy atom. The molecule has 6 heteroatoms. The normalized spacial score (nSPS) is 16.5. The summed E-state index contributed by atoms with van der Waals surface area (Å²) in [6.45, 7) is 2.53. The first-order valence-corrected chi connectivity index (χ1v) is 8.96. The van der Waals surface area contributed by atoms with Crippen LogP contribution in [-0.4, -0.2) is 50.1 Å². The van der Waals surface area contributed by atoms with E-state index in [9.17, 15) is 9.59 Å². The molecule has 0 spiro atoms. The number of likely N-dealkylation sites (tertiary alicyclic amines) is 1. The number of piperidine rings is 1. The van der Waals surface area contributed by atoms with Gasteiger partial charge in [-0.05, 0) is 24.8 Å². The van der Waals surface area contributed by atoms with Crippen LogP contribution in [0.2, 0.25) is 0 Å². The molecule has 1 heterocycles. The molecule has 2 rings (SSSR count). The van der Waals surface area contributed by atoms with Crippen molar-refractivity contribution in [1.29, 1.82) is 0 Å². The summed E-state index contributed by atoms with van der Waals surface area (Å²) in [6.07, 6.45) is 2.54. The summed E-state index contributed by atoms with van der Waals surface area (Å²) in [4.78, 5) is 26.4. The Bertz CT molecular complexity index is 542. The molecule has 1 saturated heterocycles. The number of nitrogens with zero attached hydrogens (tertiary/aromatic N) is 1. The van der Waals surface area contributed by atoms with Gasteiger partial charge in [0.15, 0.2) is 0 Å². The number of nitrogens with two attached hydrogens (primary N) is 1. The highest BCUT2D eigenvalue weighted by Crippen LogP contribution is 2.20. The minimum Gasteiger partial charge on any atom is -0.385 e. The zero-order chi connectivity index (χ0) is 18.1. The summed E-state index contributed by atoms with van der Waals surface area (Å²) < 4.78 is 4.97. The summed E-state index contributed by atoms with van der Waals surface area (Å²) in [7, 11) is 1.65. The zero-order valence-corrected chi connectivity index (χ0v) is 14.9. The second-order valence-electron chi connectivity index (χ2n) is 6.51. The summed E-state index contributed by atoms with van der Waals surface area (Å²) in [5.41, 5.74) is 7.11. The molecule has 0 radical (unpaired) electrons. The van der Waals surface area contributed by atoms with Crippen LogP contribution < -0.4 is 11.1 Å². The molecule has 6 nitrogen and oxygen atoms in total. The maximum atomic E-state index is 12.4. The molecule has 0 aliphatic carbocycles. The van der Waals surface area contributed by atoms with Gasteiger partial charge in [-0.3, -0.25) is 9.59 Å². The average Bonchev–Trinajstić information content (AvgIpc) is 2.66. The molecule has 25 heavy (non-hydrogen) atoms. The van der Waals surface area contributed by atoms with E-state index in [0.29, 0.717) is 45.5 Å². The number of rotatable bonds is 8. The topological polar surface area (TPSA) is 84.7 Å². The van der Waals surface area contributed by atoms with Gasteiger partial charge in [0, 0.05) is 51.7 Å². The Balaban J connectivity index is 1.72. The van der Waals surface area contributed by atoms with Crippen molar-refractivity contribution < 1.29 is 14.3 Å². The van der Waals surface area contributed by atoms with Gasteiger partial charge in [-0.2, -0.15) is 0 Å². The van der Waals surface area contributed by atoms with Crippen molar-refractivity contribution in [1.82, 2.24) is 10.2 Å². The molecule has 2 amide bonds. The van der Waals surface area contributed by atoms with Crippen molar-refractivity contribution in [3.05, 3.63) is 35.9 Å². The Labute approximate surface area is 149 Å². The predicted molar refractivity (Wildman–Crippen MR) is 96.8 cm³/mol. The van der Waals surface area contributed by atoms with Crippen molar-refractivity contribution in [2.45, 2.75) is 31.7 Å². The molecular weight excluding hydrogens is 318 g/mol. The molecule has 1 aliphatic heterocycles. The average molecular weight is 347 g/mol. The van der Waals surface area contributed by atoms with Crippen LogP contribution in [0.4, 0.5) is 0 Å². The number of carbonyl (C=O) groups excluding carboxylic acids is 2. The quantitative estimate of drug-likeness (QED) is 0.698. The van der Waals surface area contributed by atoms with Gasteiger partial charge in [-0.15, -0.1) is 0 Å². The highest BCUT2D eigenvalue weighted by molar-refractivity contribution is 5.80. The number of benzene rings is 1. The third-order valence-electron chi connectivity index (χ3n) is 4.67. The highest BCUT2D eigenvalue weighted by atomic mass is 16.5. The number of carbonyl (C=O) groups is 2. The predicted octanol–water partition coefficient (Wildman–Crippen LogP) is 1.47. The van der Waals surface area contributed by atoms with Crippen LogP contribution in [0.25, 0.3) is 0 Å². The molecule has 3 N–H and O–H groups in total. The number of amides is 2. The van der Waals surface area contributed by atoms with E-state index in [-0.39, 0.29) is 23.8 Å². The van der Waals surface area contributed by atoms with Crippen molar-refractivity contribution in [3.63, 3.8) is 0 Å². The van der Waals surface area contributed by atoms with Gasteiger partial charge in [0.2, 0.25) is 11.8 Å². The van der Waals surface area contributed by atoms with Gasteiger partial charge in [-0.1, -0.05) is 30.3 Å². The molecular formula is C19H29N3O3. The van der Waals surface area contributed by atoms with Gasteiger partial charge >= 0.3 is 0 Å². The van der Waals surface area contributed by atoms with Crippen LogP contribution in [0.3, 0.4) is 0 Å². The highest BCUT2D eigenvalue weighted by Gasteiger charge is 2.27. The number of ether oxygens (including phenoxy) is 1. The van der Waals surface area contributed by atoms with Gasteiger partial charge in [0.25, 0.3) is 0 Å².